The van der Waals surface area contributed by atoms with E-state index in [0.717, 1.165) is 5.56 Å². The fourth-order valence-corrected chi connectivity index (χ4v) is 10.4. The molecule has 0 radical (unpaired) electrons. The van der Waals surface area contributed by atoms with Crippen LogP contribution in [0.4, 0.5) is 0 Å². The minimum Gasteiger partial charge on any atom is -0.192 e. The smallest absolute Gasteiger partial charge is 0.0991 e. The van der Waals surface area contributed by atoms with Crippen LogP contribution in [0, 0.1) is 11.3 Å². The Morgan fingerprint density at radius 1 is 0.340 bits per heavy atom. The van der Waals surface area contributed by atoms with E-state index >= 15 is 0 Å². The molecule has 0 fully saturated rings. The van der Waals surface area contributed by atoms with Crippen LogP contribution in [0.1, 0.15) is 5.56 Å². The summed E-state index contributed by atoms with van der Waals surface area (Å²) in [5.74, 6) is 0. The first kappa shape index (κ1) is 28.9. The lowest BCUT2D eigenvalue weighted by atomic mass is 9.90. The number of thiophene rings is 1. The summed E-state index contributed by atoms with van der Waals surface area (Å²) in [6.45, 7) is 0. The van der Waals surface area contributed by atoms with E-state index in [4.69, 9.17) is 0 Å². The highest BCUT2D eigenvalue weighted by molar-refractivity contribution is 7.26. The Bertz CT molecular complexity index is 3470. The summed E-state index contributed by atoms with van der Waals surface area (Å²) in [4.78, 5) is 0. The average Bonchev–Trinajstić information content (AvgIpc) is 3.76. The lowest BCUT2D eigenvalue weighted by Gasteiger charge is -2.14. The monoisotopic (exact) mass is 685 g/mol. The van der Waals surface area contributed by atoms with E-state index in [-0.39, 0.29) is 0 Å². The Labute approximate surface area is 309 Å². The predicted octanol–water partition coefficient (Wildman–Crippen LogP) is 14.7. The van der Waals surface area contributed by atoms with E-state index in [1.165, 1.54) is 113 Å². The number of nitriles is 1. The van der Waals surface area contributed by atoms with Gasteiger partial charge < -0.3 is 0 Å². The molecule has 1 heterocycles. The lowest BCUT2D eigenvalue weighted by molar-refractivity contribution is 1.49. The molecule has 1 aromatic heterocycles. The van der Waals surface area contributed by atoms with Crippen LogP contribution < -0.4 is 0 Å². The second-order valence-electron chi connectivity index (χ2n) is 14.3. The van der Waals surface area contributed by atoms with Crippen molar-refractivity contribution in [1.82, 2.24) is 0 Å². The third-order valence-corrected chi connectivity index (χ3v) is 12.7. The molecule has 0 unspecified atom stereocenters. The molecule has 1 aliphatic carbocycles. The average molecular weight is 686 g/mol. The molecular weight excluding hydrogens is 659 g/mol. The van der Waals surface area contributed by atoms with Gasteiger partial charge in [0, 0.05) is 20.2 Å². The van der Waals surface area contributed by atoms with Gasteiger partial charge in [0.05, 0.1) is 11.6 Å². The van der Waals surface area contributed by atoms with E-state index in [2.05, 4.69) is 158 Å². The van der Waals surface area contributed by atoms with Gasteiger partial charge in [0.1, 0.15) is 0 Å². The summed E-state index contributed by atoms with van der Waals surface area (Å²) in [6, 6.07) is 62.6. The molecule has 1 aliphatic rings. The zero-order chi connectivity index (χ0) is 34.8. The number of fused-ring (bicyclic) bond motifs is 14. The molecule has 1 nitrogen and oxygen atoms in total. The Morgan fingerprint density at radius 2 is 1.02 bits per heavy atom. The van der Waals surface area contributed by atoms with Gasteiger partial charge in [0.2, 0.25) is 0 Å². The standard InChI is InChI=1S/C51H27NS/c52-28-29-15-18-38-42-21-20-34(40-13-6-14-41(50(40)42)43(38)23-29)33-9-5-8-31(24-33)32-16-19-39-44(25-32)36-11-3-4-12-37(36)45-26-47-49(27-46(39)45)53-48-22-17-30-7-1-2-10-35(30)51(47)48/h1-27H. The van der Waals surface area contributed by atoms with Gasteiger partial charge in [-0.3, -0.25) is 0 Å². The Balaban J connectivity index is 1.04. The molecule has 0 saturated heterocycles. The maximum atomic E-state index is 9.59. The molecule has 242 valence electrons. The fraction of sp³-hybridized carbons (Fsp3) is 0. The quantitative estimate of drug-likeness (QED) is 0.166. The van der Waals surface area contributed by atoms with Gasteiger partial charge in [-0.15, -0.1) is 11.3 Å². The zero-order valence-corrected chi connectivity index (χ0v) is 29.3. The summed E-state index contributed by atoms with van der Waals surface area (Å²) in [6.07, 6.45) is 0. The van der Waals surface area contributed by atoms with Gasteiger partial charge in [0.25, 0.3) is 0 Å². The van der Waals surface area contributed by atoms with E-state index < -0.39 is 0 Å². The molecule has 0 aliphatic heterocycles. The van der Waals surface area contributed by atoms with E-state index in [0.29, 0.717) is 5.56 Å². The van der Waals surface area contributed by atoms with Crippen LogP contribution in [0.15, 0.2) is 164 Å². The molecule has 10 aromatic carbocycles. The predicted molar refractivity (Wildman–Crippen MR) is 227 cm³/mol. The minimum atomic E-state index is 0.694. The van der Waals surface area contributed by atoms with Gasteiger partial charge in [0.15, 0.2) is 0 Å². The number of nitrogens with zero attached hydrogens (tertiary/aromatic N) is 1. The van der Waals surface area contributed by atoms with Gasteiger partial charge in [-0.2, -0.15) is 5.26 Å². The number of hydrogen-bond acceptors (Lipinski definition) is 2. The van der Waals surface area contributed by atoms with Gasteiger partial charge in [-0.25, -0.2) is 0 Å². The van der Waals surface area contributed by atoms with Crippen LogP contribution >= 0.6 is 11.3 Å². The van der Waals surface area contributed by atoms with E-state index in [9.17, 15) is 5.26 Å². The molecule has 0 saturated carbocycles. The molecule has 53 heavy (non-hydrogen) atoms. The van der Waals surface area contributed by atoms with Crippen molar-refractivity contribution in [3.8, 4) is 50.6 Å². The summed E-state index contributed by atoms with van der Waals surface area (Å²) in [5.41, 5.74) is 10.3. The molecule has 0 spiro atoms. The summed E-state index contributed by atoms with van der Waals surface area (Å²) in [7, 11) is 0. The molecule has 12 rings (SSSR count). The van der Waals surface area contributed by atoms with Crippen LogP contribution in [-0.4, -0.2) is 0 Å². The molecule has 0 bridgehead atoms. The first-order valence-corrected chi connectivity index (χ1v) is 18.9. The minimum absolute atomic E-state index is 0.694. The summed E-state index contributed by atoms with van der Waals surface area (Å²) in [5, 5.41) is 25.2. The van der Waals surface area contributed by atoms with Gasteiger partial charge in [-0.05, 0) is 141 Å². The van der Waals surface area contributed by atoms with Crippen molar-refractivity contribution < 1.29 is 0 Å². The highest BCUT2D eigenvalue weighted by Crippen LogP contribution is 2.50. The first-order chi connectivity index (χ1) is 26.2. The van der Waals surface area contributed by atoms with Crippen molar-refractivity contribution in [2.75, 3.05) is 0 Å². The van der Waals surface area contributed by atoms with Crippen molar-refractivity contribution in [2.24, 2.45) is 0 Å². The Kier molecular flexibility index (Phi) is 5.78. The first-order valence-electron chi connectivity index (χ1n) is 18.1. The normalized spacial score (nSPS) is 12.1. The van der Waals surface area contributed by atoms with Crippen LogP contribution in [-0.2, 0) is 0 Å². The topological polar surface area (TPSA) is 23.8 Å². The Hall–Kier alpha value is -6.79. The van der Waals surface area contributed by atoms with Crippen LogP contribution in [0.2, 0.25) is 0 Å². The number of rotatable bonds is 2. The van der Waals surface area contributed by atoms with Crippen molar-refractivity contribution in [1.29, 1.82) is 5.26 Å². The van der Waals surface area contributed by atoms with E-state index in [1.807, 2.05) is 23.5 Å². The summed E-state index contributed by atoms with van der Waals surface area (Å²) >= 11 is 1.90. The maximum Gasteiger partial charge on any atom is 0.0991 e. The second kappa shape index (κ2) is 10.6. The van der Waals surface area contributed by atoms with Crippen molar-refractivity contribution in [3.05, 3.63) is 169 Å². The van der Waals surface area contributed by atoms with Crippen molar-refractivity contribution >= 4 is 85.4 Å². The zero-order valence-electron chi connectivity index (χ0n) is 28.4. The number of hydrogen-bond donors (Lipinski definition) is 0. The molecule has 2 heteroatoms. The third-order valence-electron chi connectivity index (χ3n) is 11.6. The fourth-order valence-electron chi connectivity index (χ4n) is 9.22. The second-order valence-corrected chi connectivity index (χ2v) is 15.4. The van der Waals surface area contributed by atoms with Crippen LogP contribution in [0.3, 0.4) is 0 Å². The summed E-state index contributed by atoms with van der Waals surface area (Å²) < 4.78 is 2.67. The maximum absolute atomic E-state index is 9.59. The molecule has 0 atom stereocenters. The van der Waals surface area contributed by atoms with Crippen LogP contribution in [0.25, 0.3) is 119 Å². The molecule has 11 aromatic rings. The Morgan fingerprint density at radius 3 is 1.91 bits per heavy atom. The molecular formula is C51H27NS. The molecule has 0 N–H and O–H groups in total. The number of benzene rings is 10. The van der Waals surface area contributed by atoms with Gasteiger partial charge >= 0.3 is 0 Å². The van der Waals surface area contributed by atoms with Crippen LogP contribution in [0.5, 0.6) is 0 Å². The van der Waals surface area contributed by atoms with Crippen molar-refractivity contribution in [3.63, 3.8) is 0 Å². The van der Waals surface area contributed by atoms with E-state index in [1.54, 1.807) is 0 Å². The van der Waals surface area contributed by atoms with Crippen molar-refractivity contribution in [2.45, 2.75) is 0 Å². The molecule has 0 amide bonds. The SMILES string of the molecule is N#Cc1ccc2c(c1)-c1cccc3c(-c4cccc(-c5ccc6c(c5)c5ccccc5c5cc7c(cc65)sc5ccc6ccccc6c57)c4)ccc-2c13. The lowest BCUT2D eigenvalue weighted by Crippen LogP contribution is -1.87. The highest BCUT2D eigenvalue weighted by atomic mass is 32.1. The highest BCUT2D eigenvalue weighted by Gasteiger charge is 2.23. The van der Waals surface area contributed by atoms with Gasteiger partial charge in [-0.1, -0.05) is 121 Å². The third kappa shape index (κ3) is 4.00. The largest absolute Gasteiger partial charge is 0.192 e.